The Morgan fingerprint density at radius 3 is 2.58 bits per heavy atom. The first kappa shape index (κ1) is 16.1. The van der Waals surface area contributed by atoms with E-state index in [4.69, 9.17) is 5.73 Å². The quantitative estimate of drug-likeness (QED) is 0.779. The van der Waals surface area contributed by atoms with E-state index in [1.54, 1.807) is 13.0 Å². The Balaban J connectivity index is 3.04. The van der Waals surface area contributed by atoms with Crippen molar-refractivity contribution in [2.75, 3.05) is 24.7 Å². The van der Waals surface area contributed by atoms with Crippen LogP contribution in [0.2, 0.25) is 0 Å². The molecule has 0 bridgehead atoms. The molecular formula is C13H20FNO3S. The molecule has 0 radical (unpaired) electrons. The fraction of sp³-hybridized carbons (Fsp3) is 0.538. The number of hydrogen-bond donors (Lipinski definition) is 2. The Hall–Kier alpha value is -0.980. The van der Waals surface area contributed by atoms with Crippen molar-refractivity contribution in [1.82, 2.24) is 0 Å². The van der Waals surface area contributed by atoms with E-state index in [1.165, 1.54) is 18.2 Å². The maximum Gasteiger partial charge on any atom is 0.150 e. The highest BCUT2D eigenvalue weighted by atomic mass is 32.2. The van der Waals surface area contributed by atoms with Gasteiger partial charge in [-0.2, -0.15) is 0 Å². The molecule has 4 nitrogen and oxygen atoms in total. The molecule has 0 aliphatic heterocycles. The first-order chi connectivity index (χ1) is 8.89. The summed E-state index contributed by atoms with van der Waals surface area (Å²) in [5, 5.41) is 9.59. The molecule has 1 unspecified atom stereocenters. The first-order valence-electron chi connectivity index (χ1n) is 6.16. The van der Waals surface area contributed by atoms with E-state index in [1.807, 2.05) is 0 Å². The lowest BCUT2D eigenvalue weighted by Gasteiger charge is -2.31. The first-order valence-corrected chi connectivity index (χ1v) is 7.98. The summed E-state index contributed by atoms with van der Waals surface area (Å²) in [6.07, 6.45) is 0.180. The van der Waals surface area contributed by atoms with Crippen LogP contribution in [0, 0.1) is 5.82 Å². The van der Waals surface area contributed by atoms with E-state index in [9.17, 15) is 17.9 Å². The molecule has 1 aromatic carbocycles. The molecule has 0 spiro atoms. The van der Waals surface area contributed by atoms with Gasteiger partial charge in [0.25, 0.3) is 0 Å². The zero-order chi connectivity index (χ0) is 14.5. The van der Waals surface area contributed by atoms with E-state index in [0.717, 1.165) is 0 Å². The lowest BCUT2D eigenvalue weighted by atomic mass is 9.79. The van der Waals surface area contributed by atoms with Gasteiger partial charge in [-0.15, -0.1) is 0 Å². The van der Waals surface area contributed by atoms with Gasteiger partial charge in [-0.3, -0.25) is 0 Å². The molecule has 108 valence electrons. The maximum absolute atomic E-state index is 13.3. The highest BCUT2D eigenvalue weighted by molar-refractivity contribution is 7.91. The third-order valence-corrected chi connectivity index (χ3v) is 5.17. The van der Waals surface area contributed by atoms with E-state index >= 15 is 0 Å². The van der Waals surface area contributed by atoms with Crippen LogP contribution >= 0.6 is 0 Å². The van der Waals surface area contributed by atoms with E-state index in [-0.39, 0.29) is 31.1 Å². The van der Waals surface area contributed by atoms with Crippen LogP contribution in [-0.4, -0.2) is 38.2 Å². The molecular weight excluding hydrogens is 269 g/mol. The zero-order valence-corrected chi connectivity index (χ0v) is 11.8. The Morgan fingerprint density at radius 2 is 2.11 bits per heavy atom. The maximum atomic E-state index is 13.3. The number of benzene rings is 1. The summed E-state index contributed by atoms with van der Waals surface area (Å²) in [4.78, 5) is 0. The molecule has 6 heteroatoms. The third-order valence-electron chi connectivity index (χ3n) is 3.46. The van der Waals surface area contributed by atoms with Gasteiger partial charge >= 0.3 is 0 Å². The summed E-state index contributed by atoms with van der Waals surface area (Å²) < 4.78 is 36.4. The normalized spacial score (nSPS) is 15.2. The molecule has 0 aliphatic rings. The predicted octanol–water partition coefficient (Wildman–Crippen LogP) is 0.839. The minimum Gasteiger partial charge on any atom is -0.395 e. The van der Waals surface area contributed by atoms with Crippen molar-refractivity contribution in [3.63, 3.8) is 0 Å². The summed E-state index contributed by atoms with van der Waals surface area (Å²) in [6, 6.07) is 5.77. The van der Waals surface area contributed by atoms with Crippen molar-refractivity contribution >= 4 is 9.84 Å². The second-order valence-electron chi connectivity index (χ2n) is 4.64. The number of nitrogens with two attached hydrogens (primary N) is 1. The van der Waals surface area contributed by atoms with Gasteiger partial charge in [-0.05, 0) is 24.1 Å². The van der Waals surface area contributed by atoms with Crippen LogP contribution in [0.4, 0.5) is 4.39 Å². The molecule has 19 heavy (non-hydrogen) atoms. The van der Waals surface area contributed by atoms with Crippen molar-refractivity contribution in [3.8, 4) is 0 Å². The SMILES string of the molecule is CCS(=O)(=O)CCC(CN)(CO)c1cccc(F)c1. The van der Waals surface area contributed by atoms with Crippen molar-refractivity contribution < 1.29 is 17.9 Å². The molecule has 0 heterocycles. The number of aliphatic hydroxyl groups is 1. The summed E-state index contributed by atoms with van der Waals surface area (Å²) >= 11 is 0. The predicted molar refractivity (Wildman–Crippen MR) is 73.2 cm³/mol. The van der Waals surface area contributed by atoms with E-state index < -0.39 is 21.1 Å². The van der Waals surface area contributed by atoms with Crippen LogP contribution in [-0.2, 0) is 15.3 Å². The lowest BCUT2D eigenvalue weighted by Crippen LogP contribution is -2.40. The van der Waals surface area contributed by atoms with Gasteiger partial charge in [0.05, 0.1) is 12.4 Å². The monoisotopic (exact) mass is 289 g/mol. The van der Waals surface area contributed by atoms with Crippen molar-refractivity contribution in [2.45, 2.75) is 18.8 Å². The largest absolute Gasteiger partial charge is 0.395 e. The van der Waals surface area contributed by atoms with Gasteiger partial charge in [0.15, 0.2) is 0 Å². The molecule has 0 saturated carbocycles. The van der Waals surface area contributed by atoms with Crippen LogP contribution in [0.15, 0.2) is 24.3 Å². The average Bonchev–Trinajstić information content (AvgIpc) is 2.41. The van der Waals surface area contributed by atoms with Gasteiger partial charge in [-0.1, -0.05) is 19.1 Å². The minimum atomic E-state index is -3.15. The summed E-state index contributed by atoms with van der Waals surface area (Å²) in [5.74, 6) is -0.456. The highest BCUT2D eigenvalue weighted by Gasteiger charge is 2.31. The van der Waals surface area contributed by atoms with Crippen LogP contribution in [0.3, 0.4) is 0 Å². The van der Waals surface area contributed by atoms with Gasteiger partial charge in [0.2, 0.25) is 0 Å². The molecule has 1 atom stereocenters. The summed E-state index contributed by atoms with van der Waals surface area (Å²) in [7, 11) is -3.15. The van der Waals surface area contributed by atoms with Gasteiger partial charge in [0, 0.05) is 17.7 Å². The molecule has 0 aliphatic carbocycles. The Kier molecular flexibility index (Phi) is 5.46. The third kappa shape index (κ3) is 3.99. The Morgan fingerprint density at radius 1 is 1.42 bits per heavy atom. The second-order valence-corrected chi connectivity index (χ2v) is 7.11. The standard InChI is InChI=1S/C13H20FNO3S/c1-2-19(17,18)7-6-13(9-15,10-16)11-4-3-5-12(14)8-11/h3-5,8,16H,2,6-7,9-10,15H2,1H3. The van der Waals surface area contributed by atoms with E-state index in [2.05, 4.69) is 0 Å². The number of aliphatic hydroxyl groups excluding tert-OH is 1. The fourth-order valence-electron chi connectivity index (χ4n) is 1.91. The number of sulfone groups is 1. The lowest BCUT2D eigenvalue weighted by molar-refractivity contribution is 0.193. The number of rotatable bonds is 7. The number of hydrogen-bond acceptors (Lipinski definition) is 4. The van der Waals surface area contributed by atoms with Gasteiger partial charge in [-0.25, -0.2) is 12.8 Å². The highest BCUT2D eigenvalue weighted by Crippen LogP contribution is 2.28. The van der Waals surface area contributed by atoms with Crippen molar-refractivity contribution in [1.29, 1.82) is 0 Å². The number of halogens is 1. The molecule has 3 N–H and O–H groups in total. The molecule has 1 aromatic rings. The molecule has 0 fully saturated rings. The Bertz CT molecular complexity index is 512. The molecule has 0 amide bonds. The van der Waals surface area contributed by atoms with Crippen LogP contribution < -0.4 is 5.73 Å². The summed E-state index contributed by atoms with van der Waals surface area (Å²) in [5.41, 5.74) is 5.31. The molecule has 1 rings (SSSR count). The van der Waals surface area contributed by atoms with Gasteiger partial charge in [0.1, 0.15) is 15.7 Å². The smallest absolute Gasteiger partial charge is 0.150 e. The van der Waals surface area contributed by atoms with Crippen molar-refractivity contribution in [3.05, 3.63) is 35.6 Å². The average molecular weight is 289 g/mol. The second kappa shape index (κ2) is 6.45. The van der Waals surface area contributed by atoms with Crippen molar-refractivity contribution in [2.24, 2.45) is 5.73 Å². The fourth-order valence-corrected chi connectivity index (χ4v) is 2.90. The van der Waals surface area contributed by atoms with Crippen LogP contribution in [0.5, 0.6) is 0 Å². The van der Waals surface area contributed by atoms with Gasteiger partial charge < -0.3 is 10.8 Å². The summed E-state index contributed by atoms with van der Waals surface area (Å²) in [6.45, 7) is 1.32. The van der Waals surface area contributed by atoms with Crippen LogP contribution in [0.25, 0.3) is 0 Å². The zero-order valence-electron chi connectivity index (χ0n) is 11.0. The molecule has 0 saturated heterocycles. The topological polar surface area (TPSA) is 80.4 Å². The minimum absolute atomic E-state index is 0.0439. The molecule has 0 aromatic heterocycles. The van der Waals surface area contributed by atoms with E-state index in [0.29, 0.717) is 5.56 Å². The van der Waals surface area contributed by atoms with Crippen LogP contribution in [0.1, 0.15) is 18.9 Å². The Labute approximate surface area is 113 Å².